The normalized spacial score (nSPS) is 19.2. The topological polar surface area (TPSA) is 111 Å². The Labute approximate surface area is 237 Å². The van der Waals surface area contributed by atoms with Gasteiger partial charge in [-0.3, -0.25) is 4.79 Å². The third-order valence-corrected chi connectivity index (χ3v) is 8.89. The fourth-order valence-corrected chi connectivity index (χ4v) is 6.65. The van der Waals surface area contributed by atoms with Gasteiger partial charge in [-0.25, -0.2) is 4.98 Å². The fraction of sp³-hybridized carbons (Fsp3) is 0.444. The zero-order valence-electron chi connectivity index (χ0n) is 22.6. The van der Waals surface area contributed by atoms with Gasteiger partial charge in [-0.05, 0) is 60.5 Å². The lowest BCUT2D eigenvalue weighted by Crippen LogP contribution is -2.54. The van der Waals surface area contributed by atoms with E-state index in [0.29, 0.717) is 42.2 Å². The highest BCUT2D eigenvalue weighted by atomic mass is 32.1. The molecule has 4 aromatic rings. The predicted molar refractivity (Wildman–Crippen MR) is 144 cm³/mol. The molecule has 2 aliphatic rings. The second-order valence-corrected chi connectivity index (χ2v) is 11.5. The first-order chi connectivity index (χ1) is 19.5. The van der Waals surface area contributed by atoms with E-state index in [4.69, 9.17) is 9.72 Å². The average Bonchev–Trinajstić information content (AvgIpc) is 3.72. The Morgan fingerprint density at radius 2 is 2.07 bits per heavy atom. The number of halogens is 3. The van der Waals surface area contributed by atoms with Crippen molar-refractivity contribution in [1.82, 2.24) is 34.7 Å². The van der Waals surface area contributed by atoms with Crippen LogP contribution in [0.3, 0.4) is 0 Å². The number of amides is 1. The van der Waals surface area contributed by atoms with E-state index in [1.54, 1.807) is 14.2 Å². The van der Waals surface area contributed by atoms with E-state index in [1.165, 1.54) is 28.0 Å². The third kappa shape index (κ3) is 4.68. The fourth-order valence-electron chi connectivity index (χ4n) is 5.93. The summed E-state index contributed by atoms with van der Waals surface area (Å²) in [5.74, 6) is 0.605. The summed E-state index contributed by atoms with van der Waals surface area (Å²) in [5.41, 5.74) is 2.40. The Balaban J connectivity index is 1.49. The van der Waals surface area contributed by atoms with E-state index < -0.39 is 30.1 Å². The SMILES string of the molecule is COc1cc2c(cc1-c1nnn(C)n1)-c1c(-c3cccs3)nc(C(=O)N3CCC[C@@]3(C)[C@@H](O)CC(F)(F)F)n1CC2. The van der Waals surface area contributed by atoms with Crippen LogP contribution >= 0.6 is 11.3 Å². The smallest absolute Gasteiger partial charge is 0.391 e. The van der Waals surface area contributed by atoms with Gasteiger partial charge in [0, 0.05) is 18.7 Å². The van der Waals surface area contributed by atoms with Gasteiger partial charge in [0.15, 0.2) is 5.82 Å². The number of benzene rings is 1. The molecular formula is C27H28F3N7O3S. The molecule has 0 aliphatic carbocycles. The monoisotopic (exact) mass is 587 g/mol. The number of hydrogen-bond donors (Lipinski definition) is 1. The zero-order valence-corrected chi connectivity index (χ0v) is 23.5. The number of methoxy groups -OCH3 is 1. The van der Waals surface area contributed by atoms with Crippen LogP contribution < -0.4 is 4.74 Å². The molecule has 1 N–H and O–H groups in total. The summed E-state index contributed by atoms with van der Waals surface area (Å²) < 4.78 is 47.1. The van der Waals surface area contributed by atoms with E-state index in [9.17, 15) is 23.1 Å². The summed E-state index contributed by atoms with van der Waals surface area (Å²) in [7, 11) is 3.24. The van der Waals surface area contributed by atoms with Crippen LogP contribution in [-0.4, -0.2) is 77.1 Å². The minimum absolute atomic E-state index is 0.136. The number of rotatable bonds is 6. The van der Waals surface area contributed by atoms with Crippen molar-refractivity contribution in [3.8, 4) is 39.0 Å². The molecule has 0 spiro atoms. The van der Waals surface area contributed by atoms with Gasteiger partial charge in [-0.15, -0.1) is 21.5 Å². The second-order valence-electron chi connectivity index (χ2n) is 10.6. The summed E-state index contributed by atoms with van der Waals surface area (Å²) in [6.45, 7) is 2.19. The van der Waals surface area contributed by atoms with Crippen molar-refractivity contribution in [3.05, 3.63) is 41.0 Å². The number of aryl methyl sites for hydroxylation is 2. The second kappa shape index (κ2) is 9.94. The number of aliphatic hydroxyl groups is 1. The van der Waals surface area contributed by atoms with Gasteiger partial charge in [0.05, 0.1) is 48.4 Å². The Morgan fingerprint density at radius 3 is 2.73 bits per heavy atom. The number of hydrogen-bond acceptors (Lipinski definition) is 8. The molecule has 1 fully saturated rings. The van der Waals surface area contributed by atoms with Crippen molar-refractivity contribution in [1.29, 1.82) is 0 Å². The maximum atomic E-state index is 14.1. The summed E-state index contributed by atoms with van der Waals surface area (Å²) >= 11 is 1.47. The van der Waals surface area contributed by atoms with E-state index in [0.717, 1.165) is 21.7 Å². The number of ether oxygens (including phenoxy) is 1. The molecule has 0 unspecified atom stereocenters. The largest absolute Gasteiger partial charge is 0.496 e. The van der Waals surface area contributed by atoms with E-state index in [1.807, 2.05) is 34.2 Å². The number of carbonyl (C=O) groups excluding carboxylic acids is 1. The van der Waals surface area contributed by atoms with E-state index in [-0.39, 0.29) is 18.8 Å². The number of imidazole rings is 1. The molecule has 0 bridgehead atoms. The number of aliphatic hydroxyl groups excluding tert-OH is 1. The molecule has 1 saturated heterocycles. The van der Waals surface area contributed by atoms with Gasteiger partial charge in [-0.1, -0.05) is 6.07 Å². The number of fused-ring (bicyclic) bond motifs is 3. The lowest BCUT2D eigenvalue weighted by Gasteiger charge is -2.39. The maximum absolute atomic E-state index is 14.1. The highest BCUT2D eigenvalue weighted by Gasteiger charge is 2.50. The van der Waals surface area contributed by atoms with Crippen LogP contribution in [0.25, 0.3) is 33.2 Å². The first-order valence-electron chi connectivity index (χ1n) is 13.2. The molecule has 0 radical (unpaired) electrons. The third-order valence-electron chi connectivity index (χ3n) is 8.02. The van der Waals surface area contributed by atoms with Gasteiger partial charge in [0.1, 0.15) is 11.4 Å². The van der Waals surface area contributed by atoms with E-state index in [2.05, 4.69) is 15.4 Å². The van der Waals surface area contributed by atoms with Gasteiger partial charge >= 0.3 is 6.18 Å². The highest BCUT2D eigenvalue weighted by Crippen LogP contribution is 2.45. The summed E-state index contributed by atoms with van der Waals surface area (Å²) in [5, 5.41) is 25.0. The molecule has 5 heterocycles. The Bertz CT molecular complexity index is 1610. The molecule has 0 saturated carbocycles. The molecule has 10 nitrogen and oxygen atoms in total. The summed E-state index contributed by atoms with van der Waals surface area (Å²) in [4.78, 5) is 22.5. The molecule has 3 aromatic heterocycles. The first kappa shape index (κ1) is 27.4. The van der Waals surface area contributed by atoms with Crippen molar-refractivity contribution in [2.24, 2.45) is 7.05 Å². The molecule has 14 heteroatoms. The summed E-state index contributed by atoms with van der Waals surface area (Å²) in [6, 6.07) is 7.65. The number of alkyl halides is 3. The number of carbonyl (C=O) groups is 1. The Morgan fingerprint density at radius 1 is 1.27 bits per heavy atom. The minimum atomic E-state index is -4.56. The molecule has 6 rings (SSSR count). The van der Waals surface area contributed by atoms with Crippen LogP contribution in [0, 0.1) is 0 Å². The molecule has 216 valence electrons. The number of nitrogens with zero attached hydrogens (tertiary/aromatic N) is 7. The first-order valence-corrected chi connectivity index (χ1v) is 14.0. The number of tetrazole rings is 1. The van der Waals surface area contributed by atoms with Gasteiger partial charge < -0.3 is 19.3 Å². The number of aromatic nitrogens is 6. The highest BCUT2D eigenvalue weighted by molar-refractivity contribution is 7.13. The van der Waals surface area contributed by atoms with Crippen LogP contribution in [-0.2, 0) is 20.0 Å². The van der Waals surface area contributed by atoms with Gasteiger partial charge in [-0.2, -0.15) is 18.0 Å². The van der Waals surface area contributed by atoms with Crippen molar-refractivity contribution in [2.75, 3.05) is 13.7 Å². The molecule has 41 heavy (non-hydrogen) atoms. The standard InChI is InChI=1S/C27H28F3N7O3S/c1-26(20(38)14-27(28,29)30)8-5-9-37(26)25(39)24-31-21(19-6-4-11-41-19)22-16-13-17(23-32-34-35(2)33-23)18(40-3)12-15(16)7-10-36(22)24/h4,6,11-13,20,38H,5,7-10,14H2,1-3H3/t20-,26-/m0/s1. The van der Waals surface area contributed by atoms with Crippen molar-refractivity contribution >= 4 is 17.2 Å². The number of thiophene rings is 1. The van der Waals surface area contributed by atoms with Crippen LogP contribution in [0.2, 0.25) is 0 Å². The van der Waals surface area contributed by atoms with E-state index >= 15 is 0 Å². The predicted octanol–water partition coefficient (Wildman–Crippen LogP) is 4.34. The van der Waals surface area contributed by atoms with Crippen LogP contribution in [0.5, 0.6) is 5.75 Å². The van der Waals surface area contributed by atoms with Crippen molar-refractivity contribution in [3.63, 3.8) is 0 Å². The van der Waals surface area contributed by atoms with Crippen molar-refractivity contribution < 1.29 is 27.8 Å². The molecule has 1 amide bonds. The van der Waals surface area contributed by atoms with Gasteiger partial charge in [0.2, 0.25) is 5.82 Å². The Kier molecular flexibility index (Phi) is 6.64. The van der Waals surface area contributed by atoms with Crippen molar-refractivity contribution in [2.45, 2.75) is 57.0 Å². The van der Waals surface area contributed by atoms with Gasteiger partial charge in [0.25, 0.3) is 5.91 Å². The molecular weight excluding hydrogens is 559 g/mol. The Hall–Kier alpha value is -3.78. The molecule has 2 aliphatic heterocycles. The summed E-state index contributed by atoms with van der Waals surface area (Å²) in [6.07, 6.45) is -6.38. The van der Waals surface area contributed by atoms with Crippen LogP contribution in [0.1, 0.15) is 42.4 Å². The quantitative estimate of drug-likeness (QED) is 0.357. The lowest BCUT2D eigenvalue weighted by molar-refractivity contribution is -0.166. The average molecular weight is 588 g/mol. The van der Waals surface area contributed by atoms with Crippen LogP contribution in [0.15, 0.2) is 29.6 Å². The maximum Gasteiger partial charge on any atom is 0.391 e. The van der Waals surface area contributed by atoms with Crippen LogP contribution in [0.4, 0.5) is 13.2 Å². The zero-order chi connectivity index (χ0) is 29.1. The minimum Gasteiger partial charge on any atom is -0.496 e. The molecule has 1 aromatic carbocycles. The molecule has 2 atom stereocenters. The lowest BCUT2D eigenvalue weighted by atomic mass is 9.89. The number of likely N-dealkylation sites (tertiary alicyclic amines) is 1.